The summed E-state index contributed by atoms with van der Waals surface area (Å²) in [5.74, 6) is -0.423. The van der Waals surface area contributed by atoms with Crippen molar-refractivity contribution in [3.63, 3.8) is 0 Å². The molecule has 0 fully saturated rings. The summed E-state index contributed by atoms with van der Waals surface area (Å²) < 4.78 is 3.01. The van der Waals surface area contributed by atoms with Gasteiger partial charge in [0.05, 0.1) is 17.4 Å². The van der Waals surface area contributed by atoms with E-state index in [2.05, 4.69) is 43.7 Å². The summed E-state index contributed by atoms with van der Waals surface area (Å²) in [5, 5.41) is 12.1. The number of fused-ring (bicyclic) bond motifs is 3. The molecule has 1 amide bonds. The number of rotatable bonds is 3. The zero-order valence-corrected chi connectivity index (χ0v) is 15.8. The van der Waals surface area contributed by atoms with Crippen molar-refractivity contribution in [2.24, 2.45) is 5.73 Å². The second-order valence-electron chi connectivity index (χ2n) is 6.41. The maximum Gasteiger partial charge on any atom is 0.248 e. The van der Waals surface area contributed by atoms with Gasteiger partial charge < -0.3 is 11.1 Å². The lowest BCUT2D eigenvalue weighted by Crippen LogP contribution is -2.14. The lowest BCUT2D eigenvalue weighted by atomic mass is 9.96. The Bertz CT molecular complexity index is 980. The van der Waals surface area contributed by atoms with Crippen LogP contribution in [0.2, 0.25) is 0 Å². The molecule has 7 heteroatoms. The second-order valence-corrected chi connectivity index (χ2v) is 7.32. The van der Waals surface area contributed by atoms with Crippen molar-refractivity contribution in [1.82, 2.24) is 15.0 Å². The van der Waals surface area contributed by atoms with Crippen LogP contribution < -0.4 is 11.1 Å². The Kier molecular flexibility index (Phi) is 4.24. The largest absolute Gasteiger partial charge is 0.378 e. The van der Waals surface area contributed by atoms with Gasteiger partial charge in [-0.2, -0.15) is 0 Å². The van der Waals surface area contributed by atoms with Gasteiger partial charge in [0, 0.05) is 27.8 Å². The molecule has 2 heterocycles. The Morgan fingerprint density at radius 1 is 1.27 bits per heavy atom. The van der Waals surface area contributed by atoms with Crippen LogP contribution in [0.5, 0.6) is 0 Å². The van der Waals surface area contributed by atoms with Crippen molar-refractivity contribution in [2.45, 2.75) is 25.9 Å². The smallest absolute Gasteiger partial charge is 0.248 e. The van der Waals surface area contributed by atoms with Crippen LogP contribution in [0.15, 0.2) is 46.9 Å². The van der Waals surface area contributed by atoms with Gasteiger partial charge in [-0.25, -0.2) is 4.68 Å². The molecule has 132 valence electrons. The zero-order chi connectivity index (χ0) is 18.3. The molecular weight excluding hydrogens is 394 g/mol. The molecule has 0 radical (unpaired) electrons. The maximum atomic E-state index is 11.3. The minimum absolute atomic E-state index is 0.114. The third-order valence-electron chi connectivity index (χ3n) is 4.69. The number of benzene rings is 2. The van der Waals surface area contributed by atoms with Gasteiger partial charge in [-0.1, -0.05) is 27.2 Å². The number of primary amides is 1. The summed E-state index contributed by atoms with van der Waals surface area (Å²) >= 11 is 3.59. The quantitative estimate of drug-likeness (QED) is 0.688. The summed E-state index contributed by atoms with van der Waals surface area (Å²) in [6.45, 7) is 2.76. The van der Waals surface area contributed by atoms with E-state index >= 15 is 0 Å². The molecule has 0 saturated heterocycles. The molecule has 0 spiro atoms. The summed E-state index contributed by atoms with van der Waals surface area (Å²) in [5.41, 5.74) is 11.1. The zero-order valence-electron chi connectivity index (χ0n) is 14.2. The van der Waals surface area contributed by atoms with Crippen LogP contribution >= 0.6 is 15.9 Å². The maximum absolute atomic E-state index is 11.3. The summed E-state index contributed by atoms with van der Waals surface area (Å²) in [6, 6.07) is 13.7. The molecule has 1 unspecified atom stereocenters. The van der Waals surface area contributed by atoms with Crippen molar-refractivity contribution < 1.29 is 4.79 Å². The summed E-state index contributed by atoms with van der Waals surface area (Å²) in [7, 11) is 0. The van der Waals surface area contributed by atoms with E-state index in [4.69, 9.17) is 5.73 Å². The van der Waals surface area contributed by atoms with Crippen molar-refractivity contribution in [3.8, 4) is 11.3 Å². The van der Waals surface area contributed by atoms with Crippen molar-refractivity contribution in [3.05, 3.63) is 63.8 Å². The molecular formula is C19H18BrN5O. The molecule has 0 saturated carbocycles. The van der Waals surface area contributed by atoms with E-state index in [9.17, 15) is 4.79 Å². The second kappa shape index (κ2) is 6.57. The minimum atomic E-state index is -0.423. The van der Waals surface area contributed by atoms with E-state index in [1.165, 1.54) is 5.56 Å². The first-order valence-corrected chi connectivity index (χ1v) is 9.18. The number of amides is 1. The third-order valence-corrected chi connectivity index (χ3v) is 5.18. The molecule has 6 nitrogen and oxygen atoms in total. The van der Waals surface area contributed by atoms with Crippen LogP contribution in [0.3, 0.4) is 0 Å². The fourth-order valence-electron chi connectivity index (χ4n) is 3.42. The standard InChI is InChI=1S/C19H18BrN5O/c1-11-18-15-7-4-13(20)10-16(15)17(8-9-25(18)24-23-11)22-14-5-2-12(3-6-14)19(21)26/h2-7,10,17,22H,8-9H2,1H3,(H2,21,26). The normalized spacial score (nSPS) is 15.7. The van der Waals surface area contributed by atoms with E-state index in [0.29, 0.717) is 5.56 Å². The fourth-order valence-corrected chi connectivity index (χ4v) is 3.80. The lowest BCUT2D eigenvalue weighted by molar-refractivity contribution is 0.100. The molecule has 2 aromatic carbocycles. The van der Waals surface area contributed by atoms with E-state index in [0.717, 1.165) is 40.1 Å². The minimum Gasteiger partial charge on any atom is -0.378 e. The van der Waals surface area contributed by atoms with Crippen molar-refractivity contribution >= 4 is 27.5 Å². The number of halogens is 1. The predicted octanol–water partition coefficient (Wildman–Crippen LogP) is 3.67. The number of carbonyl (C=O) groups is 1. The Morgan fingerprint density at radius 2 is 2.04 bits per heavy atom. The Hall–Kier alpha value is -2.67. The molecule has 3 N–H and O–H groups in total. The number of hydrogen-bond donors (Lipinski definition) is 2. The highest BCUT2D eigenvalue weighted by Crippen LogP contribution is 2.38. The Labute approximate surface area is 159 Å². The van der Waals surface area contributed by atoms with Crippen LogP contribution in [-0.2, 0) is 6.54 Å². The third kappa shape index (κ3) is 2.99. The van der Waals surface area contributed by atoms with Crippen molar-refractivity contribution in [1.29, 1.82) is 0 Å². The molecule has 1 aromatic heterocycles. The summed E-state index contributed by atoms with van der Waals surface area (Å²) in [6.07, 6.45) is 0.872. The molecule has 4 rings (SSSR count). The first kappa shape index (κ1) is 16.8. The molecule has 1 aliphatic rings. The van der Waals surface area contributed by atoms with Gasteiger partial charge >= 0.3 is 0 Å². The Morgan fingerprint density at radius 3 is 2.77 bits per heavy atom. The van der Waals surface area contributed by atoms with Crippen LogP contribution in [0, 0.1) is 6.92 Å². The van der Waals surface area contributed by atoms with Crippen LogP contribution in [0.4, 0.5) is 5.69 Å². The summed E-state index contributed by atoms with van der Waals surface area (Å²) in [4.78, 5) is 11.3. The highest BCUT2D eigenvalue weighted by atomic mass is 79.9. The van der Waals surface area contributed by atoms with Gasteiger partial charge in [0.15, 0.2) is 0 Å². The highest BCUT2D eigenvalue weighted by molar-refractivity contribution is 9.10. The van der Waals surface area contributed by atoms with E-state index < -0.39 is 5.91 Å². The van der Waals surface area contributed by atoms with Crippen LogP contribution in [0.1, 0.15) is 34.1 Å². The fraction of sp³-hybridized carbons (Fsp3) is 0.211. The lowest BCUT2D eigenvalue weighted by Gasteiger charge is -2.21. The average Bonchev–Trinajstić information content (AvgIpc) is 2.92. The molecule has 0 bridgehead atoms. The SMILES string of the molecule is Cc1nnn2c1-c1ccc(Br)cc1C(Nc1ccc(C(N)=O)cc1)CC2. The molecule has 1 aliphatic heterocycles. The number of nitrogens with one attached hydrogen (secondary N) is 1. The van der Waals surface area contributed by atoms with E-state index in [1.807, 2.05) is 29.8 Å². The number of nitrogens with zero attached hydrogens (tertiary/aromatic N) is 3. The van der Waals surface area contributed by atoms with Gasteiger partial charge in [-0.3, -0.25) is 4.79 Å². The molecule has 1 atom stereocenters. The molecule has 3 aromatic rings. The van der Waals surface area contributed by atoms with Gasteiger partial charge in [0.2, 0.25) is 5.91 Å². The first-order valence-electron chi connectivity index (χ1n) is 8.39. The number of aromatic nitrogens is 3. The van der Waals surface area contributed by atoms with Crippen LogP contribution in [0.25, 0.3) is 11.3 Å². The topological polar surface area (TPSA) is 85.8 Å². The number of carbonyl (C=O) groups excluding carboxylic acids is 1. The first-order chi connectivity index (χ1) is 12.5. The van der Waals surface area contributed by atoms with Crippen molar-refractivity contribution in [2.75, 3.05) is 5.32 Å². The average molecular weight is 412 g/mol. The number of hydrogen-bond acceptors (Lipinski definition) is 4. The highest BCUT2D eigenvalue weighted by Gasteiger charge is 2.25. The number of nitrogens with two attached hydrogens (primary N) is 1. The number of aryl methyl sites for hydroxylation is 2. The predicted molar refractivity (Wildman–Crippen MR) is 104 cm³/mol. The van der Waals surface area contributed by atoms with Crippen LogP contribution in [-0.4, -0.2) is 20.9 Å². The van der Waals surface area contributed by atoms with Gasteiger partial charge in [0.1, 0.15) is 0 Å². The van der Waals surface area contributed by atoms with Gasteiger partial charge in [0.25, 0.3) is 0 Å². The van der Waals surface area contributed by atoms with Gasteiger partial charge in [-0.15, -0.1) is 5.10 Å². The molecule has 0 aliphatic carbocycles. The molecule has 26 heavy (non-hydrogen) atoms. The van der Waals surface area contributed by atoms with E-state index in [-0.39, 0.29) is 6.04 Å². The Balaban J connectivity index is 1.72. The van der Waals surface area contributed by atoms with Gasteiger partial charge in [-0.05, 0) is 55.3 Å². The van der Waals surface area contributed by atoms with E-state index in [1.54, 1.807) is 12.1 Å². The monoisotopic (exact) mass is 411 g/mol. The number of anilines is 1.